The first-order valence-electron chi connectivity index (χ1n) is 6.36. The number of hydrogen-bond acceptors (Lipinski definition) is 1. The second-order valence-corrected chi connectivity index (χ2v) is 4.88. The third-order valence-corrected chi connectivity index (χ3v) is 3.54. The molecule has 0 spiro atoms. The zero-order valence-electron chi connectivity index (χ0n) is 10.6. The zero-order chi connectivity index (χ0) is 11.0. The van der Waals surface area contributed by atoms with E-state index in [1.165, 1.54) is 38.5 Å². The van der Waals surface area contributed by atoms with Gasteiger partial charge in [0.25, 0.3) is 0 Å². The van der Waals surface area contributed by atoms with Gasteiger partial charge in [0.1, 0.15) is 0 Å². The van der Waals surface area contributed by atoms with E-state index in [0.29, 0.717) is 11.5 Å². The van der Waals surface area contributed by atoms with E-state index >= 15 is 0 Å². The molecule has 0 rings (SSSR count). The van der Waals surface area contributed by atoms with Gasteiger partial charge in [-0.05, 0) is 24.7 Å². The first-order chi connectivity index (χ1) is 6.60. The molecule has 0 aromatic heterocycles. The van der Waals surface area contributed by atoms with Gasteiger partial charge in [0.15, 0.2) is 0 Å². The van der Waals surface area contributed by atoms with Crippen molar-refractivity contribution in [1.82, 2.24) is 0 Å². The number of rotatable bonds is 8. The molecule has 1 unspecified atom stereocenters. The molecule has 0 aromatic carbocycles. The van der Waals surface area contributed by atoms with Gasteiger partial charge in [0.05, 0.1) is 0 Å². The van der Waals surface area contributed by atoms with E-state index in [4.69, 9.17) is 5.73 Å². The van der Waals surface area contributed by atoms with Crippen LogP contribution in [0.2, 0.25) is 0 Å². The Balaban J connectivity index is 4.16. The van der Waals surface area contributed by atoms with Crippen LogP contribution in [0.5, 0.6) is 0 Å². The molecule has 2 N–H and O–H groups in total. The molecule has 86 valence electrons. The van der Waals surface area contributed by atoms with Gasteiger partial charge >= 0.3 is 0 Å². The molecule has 0 aliphatic rings. The van der Waals surface area contributed by atoms with Crippen LogP contribution >= 0.6 is 0 Å². The van der Waals surface area contributed by atoms with E-state index in [2.05, 4.69) is 27.7 Å². The summed E-state index contributed by atoms with van der Waals surface area (Å²) in [5, 5.41) is 0. The molecule has 1 heteroatoms. The Kier molecular flexibility index (Phi) is 7.26. The van der Waals surface area contributed by atoms with Crippen molar-refractivity contribution in [2.75, 3.05) is 0 Å². The predicted molar refractivity (Wildman–Crippen MR) is 65.4 cm³/mol. The second kappa shape index (κ2) is 7.28. The highest BCUT2D eigenvalue weighted by atomic mass is 14.7. The SMILES string of the molecule is CCCCC(C)(CCCC)C(N)CC. The fourth-order valence-corrected chi connectivity index (χ4v) is 2.15. The van der Waals surface area contributed by atoms with Crippen LogP contribution in [0.15, 0.2) is 0 Å². The molecular formula is C13H29N. The van der Waals surface area contributed by atoms with Crippen LogP contribution in [0.4, 0.5) is 0 Å². The summed E-state index contributed by atoms with van der Waals surface area (Å²) in [4.78, 5) is 0. The standard InChI is InChI=1S/C13H29N/c1-5-8-10-13(4,11-9-6-2)12(14)7-3/h12H,5-11,14H2,1-4H3. The van der Waals surface area contributed by atoms with Gasteiger partial charge < -0.3 is 5.73 Å². The van der Waals surface area contributed by atoms with E-state index in [0.717, 1.165) is 6.42 Å². The minimum absolute atomic E-state index is 0.389. The Morgan fingerprint density at radius 3 is 1.71 bits per heavy atom. The third-order valence-electron chi connectivity index (χ3n) is 3.54. The lowest BCUT2D eigenvalue weighted by Crippen LogP contribution is -2.39. The van der Waals surface area contributed by atoms with Gasteiger partial charge in [-0.15, -0.1) is 0 Å². The molecule has 0 aliphatic carbocycles. The smallest absolute Gasteiger partial charge is 0.00902 e. The zero-order valence-corrected chi connectivity index (χ0v) is 10.6. The minimum atomic E-state index is 0.389. The fraction of sp³-hybridized carbons (Fsp3) is 1.00. The van der Waals surface area contributed by atoms with Crippen molar-refractivity contribution >= 4 is 0 Å². The highest BCUT2D eigenvalue weighted by Gasteiger charge is 2.28. The molecule has 0 radical (unpaired) electrons. The lowest BCUT2D eigenvalue weighted by atomic mass is 9.73. The Morgan fingerprint density at radius 2 is 1.43 bits per heavy atom. The highest BCUT2D eigenvalue weighted by Crippen LogP contribution is 2.34. The topological polar surface area (TPSA) is 26.0 Å². The van der Waals surface area contributed by atoms with Crippen molar-refractivity contribution in [3.05, 3.63) is 0 Å². The van der Waals surface area contributed by atoms with Crippen LogP contribution in [0, 0.1) is 5.41 Å². The summed E-state index contributed by atoms with van der Waals surface area (Å²) in [5.74, 6) is 0. The lowest BCUT2D eigenvalue weighted by molar-refractivity contribution is 0.196. The van der Waals surface area contributed by atoms with Gasteiger partial charge in [-0.3, -0.25) is 0 Å². The molecule has 0 fully saturated rings. The van der Waals surface area contributed by atoms with Crippen LogP contribution in [-0.2, 0) is 0 Å². The first kappa shape index (κ1) is 14.0. The predicted octanol–water partition coefficient (Wildman–Crippen LogP) is 4.11. The van der Waals surface area contributed by atoms with Crippen LogP contribution in [0.25, 0.3) is 0 Å². The monoisotopic (exact) mass is 199 g/mol. The molecule has 0 bridgehead atoms. The van der Waals surface area contributed by atoms with E-state index in [1.807, 2.05) is 0 Å². The first-order valence-corrected chi connectivity index (χ1v) is 6.36. The van der Waals surface area contributed by atoms with E-state index in [-0.39, 0.29) is 0 Å². The summed E-state index contributed by atoms with van der Waals surface area (Å²) in [7, 11) is 0. The van der Waals surface area contributed by atoms with Gasteiger partial charge in [-0.2, -0.15) is 0 Å². The van der Waals surface area contributed by atoms with Gasteiger partial charge in [0, 0.05) is 6.04 Å². The van der Waals surface area contributed by atoms with Crippen molar-refractivity contribution in [3.63, 3.8) is 0 Å². The van der Waals surface area contributed by atoms with Crippen LogP contribution in [0.3, 0.4) is 0 Å². The summed E-state index contributed by atoms with van der Waals surface area (Å²) in [5.41, 5.74) is 6.62. The number of nitrogens with two attached hydrogens (primary N) is 1. The maximum atomic E-state index is 6.23. The summed E-state index contributed by atoms with van der Waals surface area (Å²) in [6.45, 7) is 9.11. The van der Waals surface area contributed by atoms with E-state index in [1.54, 1.807) is 0 Å². The molecule has 1 nitrogen and oxygen atoms in total. The van der Waals surface area contributed by atoms with E-state index < -0.39 is 0 Å². The Morgan fingerprint density at radius 1 is 1.00 bits per heavy atom. The van der Waals surface area contributed by atoms with E-state index in [9.17, 15) is 0 Å². The molecule has 0 amide bonds. The molecule has 1 atom stereocenters. The second-order valence-electron chi connectivity index (χ2n) is 4.88. The fourth-order valence-electron chi connectivity index (χ4n) is 2.15. The molecule has 14 heavy (non-hydrogen) atoms. The molecule has 0 aromatic rings. The van der Waals surface area contributed by atoms with Gasteiger partial charge in [-0.25, -0.2) is 0 Å². The van der Waals surface area contributed by atoms with Crippen molar-refractivity contribution in [1.29, 1.82) is 0 Å². The number of hydrogen-bond donors (Lipinski definition) is 1. The van der Waals surface area contributed by atoms with Crippen molar-refractivity contribution in [2.45, 2.75) is 78.7 Å². The largest absolute Gasteiger partial charge is 0.327 e. The molecule has 0 saturated carbocycles. The molecule has 0 heterocycles. The van der Waals surface area contributed by atoms with Crippen molar-refractivity contribution in [2.24, 2.45) is 11.1 Å². The average molecular weight is 199 g/mol. The average Bonchev–Trinajstić information content (AvgIpc) is 2.22. The Bertz CT molecular complexity index is 123. The minimum Gasteiger partial charge on any atom is -0.327 e. The van der Waals surface area contributed by atoms with Crippen molar-refractivity contribution < 1.29 is 0 Å². The maximum absolute atomic E-state index is 6.23. The summed E-state index contributed by atoms with van der Waals surface area (Å²) >= 11 is 0. The molecular weight excluding hydrogens is 170 g/mol. The highest BCUT2D eigenvalue weighted by molar-refractivity contribution is 4.84. The summed E-state index contributed by atoms with van der Waals surface area (Å²) < 4.78 is 0. The van der Waals surface area contributed by atoms with Crippen LogP contribution in [0.1, 0.15) is 72.6 Å². The van der Waals surface area contributed by atoms with Crippen LogP contribution < -0.4 is 5.73 Å². The Hall–Kier alpha value is -0.0400. The van der Waals surface area contributed by atoms with Gasteiger partial charge in [-0.1, -0.05) is 53.4 Å². The maximum Gasteiger partial charge on any atom is 0.00902 e. The van der Waals surface area contributed by atoms with Crippen LogP contribution in [-0.4, -0.2) is 6.04 Å². The van der Waals surface area contributed by atoms with Gasteiger partial charge in [0.2, 0.25) is 0 Å². The van der Waals surface area contributed by atoms with Crippen molar-refractivity contribution in [3.8, 4) is 0 Å². The summed E-state index contributed by atoms with van der Waals surface area (Å²) in [6, 6.07) is 0.389. The summed E-state index contributed by atoms with van der Waals surface area (Å²) in [6.07, 6.45) is 8.96. The lowest BCUT2D eigenvalue weighted by Gasteiger charge is -2.35. The number of unbranched alkanes of at least 4 members (excludes halogenated alkanes) is 2. The molecule has 0 saturated heterocycles. The Labute approximate surface area is 90.5 Å². The molecule has 0 aliphatic heterocycles. The normalized spacial score (nSPS) is 14.4. The quantitative estimate of drug-likeness (QED) is 0.625. The third kappa shape index (κ3) is 4.45.